The minimum atomic E-state index is -0.442. The van der Waals surface area contributed by atoms with E-state index in [1.165, 1.54) is 6.07 Å². The van der Waals surface area contributed by atoms with Gasteiger partial charge in [-0.3, -0.25) is 9.59 Å². The van der Waals surface area contributed by atoms with Crippen molar-refractivity contribution < 1.29 is 14.0 Å². The molecule has 2 rings (SSSR count). The summed E-state index contributed by atoms with van der Waals surface area (Å²) in [6.45, 7) is 0.491. The Labute approximate surface area is 145 Å². The van der Waals surface area contributed by atoms with Crippen LogP contribution in [0.25, 0.3) is 0 Å². The van der Waals surface area contributed by atoms with Crippen LogP contribution in [0, 0.1) is 5.82 Å². The number of hydrogen-bond donors (Lipinski definition) is 2. The summed E-state index contributed by atoms with van der Waals surface area (Å²) in [7, 11) is 0. The fourth-order valence-electron chi connectivity index (χ4n) is 2.10. The Balaban J connectivity index is 1.67. The van der Waals surface area contributed by atoms with E-state index in [-0.39, 0.29) is 24.7 Å². The van der Waals surface area contributed by atoms with Crippen LogP contribution >= 0.6 is 11.6 Å². The van der Waals surface area contributed by atoms with E-state index in [9.17, 15) is 14.0 Å². The van der Waals surface area contributed by atoms with Crippen molar-refractivity contribution in [2.24, 2.45) is 0 Å². The first kappa shape index (κ1) is 17.9. The zero-order chi connectivity index (χ0) is 17.4. The van der Waals surface area contributed by atoms with Gasteiger partial charge in [0, 0.05) is 23.7 Å². The average Bonchev–Trinajstić information content (AvgIpc) is 2.56. The Hall–Kier alpha value is -2.40. The van der Waals surface area contributed by atoms with E-state index < -0.39 is 5.91 Å². The highest BCUT2D eigenvalue weighted by molar-refractivity contribution is 6.30. The van der Waals surface area contributed by atoms with E-state index >= 15 is 0 Å². The lowest BCUT2D eigenvalue weighted by atomic mass is 10.1. The lowest BCUT2D eigenvalue weighted by Gasteiger charge is -2.07. The topological polar surface area (TPSA) is 58.2 Å². The molecule has 0 atom stereocenters. The Morgan fingerprint density at radius 3 is 2.33 bits per heavy atom. The predicted octanol–water partition coefficient (Wildman–Crippen LogP) is 2.84. The molecule has 0 aliphatic rings. The number of rotatable bonds is 7. The van der Waals surface area contributed by atoms with E-state index in [1.807, 2.05) is 12.1 Å². The van der Waals surface area contributed by atoms with Crippen molar-refractivity contribution in [2.75, 3.05) is 6.54 Å². The van der Waals surface area contributed by atoms with Crippen LogP contribution in [0.5, 0.6) is 0 Å². The number of carbonyl (C=O) groups is 2. The van der Waals surface area contributed by atoms with Crippen LogP contribution < -0.4 is 10.6 Å². The lowest BCUT2D eigenvalue weighted by Crippen LogP contribution is -2.32. The van der Waals surface area contributed by atoms with Crippen molar-refractivity contribution in [3.63, 3.8) is 0 Å². The Morgan fingerprint density at radius 1 is 0.958 bits per heavy atom. The average molecular weight is 349 g/mol. The number of nitrogens with one attached hydrogen (secondary N) is 2. The van der Waals surface area contributed by atoms with Gasteiger partial charge in [-0.05, 0) is 30.2 Å². The fourth-order valence-corrected chi connectivity index (χ4v) is 2.23. The number of benzene rings is 2. The fraction of sp³-hybridized carbons (Fsp3) is 0.222. The van der Waals surface area contributed by atoms with Crippen LogP contribution in [0.3, 0.4) is 0 Å². The summed E-state index contributed by atoms with van der Waals surface area (Å²) >= 11 is 5.80. The largest absolute Gasteiger partial charge is 0.355 e. The summed E-state index contributed by atoms with van der Waals surface area (Å²) in [6.07, 6.45) is 0.370. The van der Waals surface area contributed by atoms with Gasteiger partial charge in [-0.1, -0.05) is 41.9 Å². The highest BCUT2D eigenvalue weighted by atomic mass is 35.5. The molecule has 0 saturated carbocycles. The number of hydrogen-bond acceptors (Lipinski definition) is 2. The highest BCUT2D eigenvalue weighted by Gasteiger charge is 2.09. The molecule has 126 valence electrons. The first-order chi connectivity index (χ1) is 11.5. The van der Waals surface area contributed by atoms with Gasteiger partial charge < -0.3 is 10.6 Å². The van der Waals surface area contributed by atoms with E-state index in [0.29, 0.717) is 23.6 Å². The summed E-state index contributed by atoms with van der Waals surface area (Å²) < 4.78 is 13.4. The molecular weight excluding hydrogens is 331 g/mol. The Morgan fingerprint density at radius 2 is 1.62 bits per heavy atom. The van der Waals surface area contributed by atoms with Gasteiger partial charge in [-0.2, -0.15) is 0 Å². The smallest absolute Gasteiger partial charge is 0.229 e. The summed E-state index contributed by atoms with van der Waals surface area (Å²) in [5.41, 5.74) is 1.43. The second-order valence-corrected chi connectivity index (χ2v) is 5.71. The maximum Gasteiger partial charge on any atom is 0.229 e. The third kappa shape index (κ3) is 6.01. The summed E-state index contributed by atoms with van der Waals surface area (Å²) in [5, 5.41) is 5.87. The molecule has 24 heavy (non-hydrogen) atoms. The molecule has 2 N–H and O–H groups in total. The molecule has 2 amide bonds. The second-order valence-electron chi connectivity index (χ2n) is 5.27. The molecule has 0 fully saturated rings. The van der Waals surface area contributed by atoms with Crippen molar-refractivity contribution >= 4 is 23.4 Å². The Kier molecular flexibility index (Phi) is 6.75. The molecule has 0 aliphatic heterocycles. The van der Waals surface area contributed by atoms with Gasteiger partial charge in [0.1, 0.15) is 12.2 Å². The molecule has 0 heterocycles. The van der Waals surface area contributed by atoms with Crippen LogP contribution in [-0.2, 0) is 22.6 Å². The predicted molar refractivity (Wildman–Crippen MR) is 91.0 cm³/mol. The molecule has 2 aromatic rings. The van der Waals surface area contributed by atoms with Gasteiger partial charge >= 0.3 is 0 Å². The molecule has 0 saturated heterocycles. The molecule has 0 unspecified atom stereocenters. The number of halogens is 2. The molecule has 4 nitrogen and oxygen atoms in total. The lowest BCUT2D eigenvalue weighted by molar-refractivity contribution is -0.129. The van der Waals surface area contributed by atoms with Crippen LogP contribution in [0.2, 0.25) is 5.02 Å². The summed E-state index contributed by atoms with van der Waals surface area (Å²) in [5.74, 6) is -1.19. The second kappa shape index (κ2) is 9.03. The minimum absolute atomic E-state index is 0.0591. The van der Waals surface area contributed by atoms with Gasteiger partial charge in [0.05, 0.1) is 0 Å². The number of carbonyl (C=O) groups excluding carboxylic acids is 2. The monoisotopic (exact) mass is 348 g/mol. The molecule has 2 aromatic carbocycles. The van der Waals surface area contributed by atoms with Gasteiger partial charge in [0.25, 0.3) is 0 Å². The maximum atomic E-state index is 13.4. The third-order valence-corrected chi connectivity index (χ3v) is 3.66. The molecule has 0 radical (unpaired) electrons. The standard InChI is InChI=1S/C18H18ClFN2O2/c19-15-7-5-13(6-8-15)9-10-21-17(23)11-18(24)22-12-14-3-1-2-4-16(14)20/h1-8H,9-12H2,(H,21,23)(H,22,24). The zero-order valence-corrected chi connectivity index (χ0v) is 13.8. The van der Waals surface area contributed by atoms with Crippen LogP contribution in [0.15, 0.2) is 48.5 Å². The first-order valence-corrected chi connectivity index (χ1v) is 7.93. The maximum absolute atomic E-state index is 13.4. The van der Waals surface area contributed by atoms with Crippen molar-refractivity contribution in [1.29, 1.82) is 0 Å². The molecule has 0 aliphatic carbocycles. The van der Waals surface area contributed by atoms with Crippen molar-refractivity contribution in [1.82, 2.24) is 10.6 Å². The highest BCUT2D eigenvalue weighted by Crippen LogP contribution is 2.09. The Bertz CT molecular complexity index is 704. The summed E-state index contributed by atoms with van der Waals surface area (Å²) in [6, 6.07) is 13.5. The third-order valence-electron chi connectivity index (χ3n) is 3.40. The van der Waals surface area contributed by atoms with E-state index in [4.69, 9.17) is 11.6 Å². The van der Waals surface area contributed by atoms with Crippen LogP contribution in [-0.4, -0.2) is 18.4 Å². The molecule has 6 heteroatoms. The van der Waals surface area contributed by atoms with Crippen LogP contribution in [0.1, 0.15) is 17.5 Å². The van der Waals surface area contributed by atoms with Crippen molar-refractivity contribution in [2.45, 2.75) is 19.4 Å². The molecule has 0 aromatic heterocycles. The molecular formula is C18H18ClFN2O2. The van der Waals surface area contributed by atoms with E-state index in [0.717, 1.165) is 5.56 Å². The van der Waals surface area contributed by atoms with E-state index in [2.05, 4.69) is 10.6 Å². The summed E-state index contributed by atoms with van der Waals surface area (Å²) in [4.78, 5) is 23.4. The minimum Gasteiger partial charge on any atom is -0.355 e. The molecule has 0 spiro atoms. The first-order valence-electron chi connectivity index (χ1n) is 7.56. The normalized spacial score (nSPS) is 10.2. The van der Waals surface area contributed by atoms with Gasteiger partial charge in [-0.25, -0.2) is 4.39 Å². The van der Waals surface area contributed by atoms with E-state index in [1.54, 1.807) is 30.3 Å². The quantitative estimate of drug-likeness (QED) is 0.756. The molecule has 0 bridgehead atoms. The van der Waals surface area contributed by atoms with Gasteiger partial charge in [0.15, 0.2) is 0 Å². The number of amides is 2. The van der Waals surface area contributed by atoms with Gasteiger partial charge in [0.2, 0.25) is 11.8 Å². The van der Waals surface area contributed by atoms with Crippen molar-refractivity contribution in [3.8, 4) is 0 Å². The zero-order valence-electron chi connectivity index (χ0n) is 13.0. The van der Waals surface area contributed by atoms with Crippen LogP contribution in [0.4, 0.5) is 4.39 Å². The van der Waals surface area contributed by atoms with Gasteiger partial charge in [-0.15, -0.1) is 0 Å². The van der Waals surface area contributed by atoms with Crippen molar-refractivity contribution in [3.05, 3.63) is 70.5 Å². The SMILES string of the molecule is O=C(CC(=O)NCc1ccccc1F)NCCc1ccc(Cl)cc1.